The van der Waals surface area contributed by atoms with Crippen LogP contribution in [0.5, 0.6) is 11.5 Å². The number of nitrogens with one attached hydrogen (secondary N) is 1. The van der Waals surface area contributed by atoms with E-state index in [1.807, 2.05) is 0 Å². The van der Waals surface area contributed by atoms with Crippen LogP contribution < -0.4 is 20.0 Å². The highest BCUT2D eigenvalue weighted by atomic mass is 31.2. The number of rotatable bonds is 9. The average Bonchev–Trinajstić information content (AvgIpc) is 2.94. The second kappa shape index (κ2) is 10.6. The molecule has 1 aromatic heterocycles. The van der Waals surface area contributed by atoms with Crippen molar-refractivity contribution in [1.82, 2.24) is 9.66 Å². The van der Waals surface area contributed by atoms with E-state index in [2.05, 4.69) is 10.4 Å². The maximum absolute atomic E-state index is 14.7. The smallest absolute Gasteiger partial charge is 0.414 e. The Balaban J connectivity index is 1.67. The first-order valence-corrected chi connectivity index (χ1v) is 13.1. The molecule has 0 saturated carbocycles. The Morgan fingerprint density at radius 3 is 2.08 bits per heavy atom. The average molecular weight is 528 g/mol. The van der Waals surface area contributed by atoms with Crippen molar-refractivity contribution in [3.8, 4) is 11.5 Å². The molecule has 1 unspecified atom stereocenters. The number of non-ortho nitro benzene ring substituents is 1. The second-order valence-electron chi connectivity index (χ2n) is 8.17. The van der Waals surface area contributed by atoms with E-state index in [1.165, 1.54) is 24.5 Å². The zero-order chi connectivity index (χ0) is 26.5. The summed E-state index contributed by atoms with van der Waals surface area (Å²) in [7, 11) is -4.31. The van der Waals surface area contributed by atoms with Gasteiger partial charge in [-0.1, -0.05) is 60.7 Å². The Morgan fingerprint density at radius 1 is 0.842 bits per heavy atom. The molecule has 0 fully saturated rings. The number of para-hydroxylation sites is 3. The lowest BCUT2D eigenvalue weighted by Gasteiger charge is -2.29. The van der Waals surface area contributed by atoms with Crippen LogP contribution in [0.1, 0.15) is 11.3 Å². The van der Waals surface area contributed by atoms with Gasteiger partial charge in [0.05, 0.1) is 15.8 Å². The van der Waals surface area contributed by atoms with Crippen LogP contribution in [-0.2, 0) is 4.57 Å². The predicted molar refractivity (Wildman–Crippen MR) is 143 cm³/mol. The number of nitro benzene ring substituents is 1. The molecule has 190 valence electrons. The molecular weight excluding hydrogens is 507 g/mol. The van der Waals surface area contributed by atoms with Gasteiger partial charge in [-0.3, -0.25) is 20.3 Å². The molecule has 0 aliphatic carbocycles. The molecule has 0 aliphatic heterocycles. The molecule has 1 N–H and O–H groups in total. The van der Waals surface area contributed by atoms with E-state index in [-0.39, 0.29) is 22.7 Å². The van der Waals surface area contributed by atoms with Gasteiger partial charge < -0.3 is 9.05 Å². The molecule has 0 spiro atoms. The lowest BCUT2D eigenvalue weighted by atomic mass is 10.2. The van der Waals surface area contributed by atoms with Crippen molar-refractivity contribution in [3.05, 3.63) is 142 Å². The first kappa shape index (κ1) is 24.7. The molecule has 0 amide bonds. The Kier molecular flexibility index (Phi) is 6.88. The van der Waals surface area contributed by atoms with Crippen molar-refractivity contribution in [1.29, 1.82) is 0 Å². The van der Waals surface area contributed by atoms with Gasteiger partial charge >= 0.3 is 7.60 Å². The Hall–Kier alpha value is -4.95. The number of aromatic nitrogens is 2. The number of hydrogen-bond donors (Lipinski definition) is 1. The van der Waals surface area contributed by atoms with E-state index < -0.39 is 23.9 Å². The molecule has 1 atom stereocenters. The van der Waals surface area contributed by atoms with Crippen molar-refractivity contribution < 1.29 is 18.5 Å². The van der Waals surface area contributed by atoms with Crippen LogP contribution in [0.3, 0.4) is 0 Å². The van der Waals surface area contributed by atoms with Crippen molar-refractivity contribution >= 4 is 24.2 Å². The molecule has 11 heteroatoms. The Morgan fingerprint density at radius 2 is 1.45 bits per heavy atom. The fraction of sp³-hybridized carbons (Fsp3) is 0.0370. The van der Waals surface area contributed by atoms with E-state index in [4.69, 9.17) is 9.05 Å². The zero-order valence-corrected chi connectivity index (χ0v) is 20.7. The highest BCUT2D eigenvalue weighted by Crippen LogP contribution is 2.59. The van der Waals surface area contributed by atoms with Crippen molar-refractivity contribution in [2.45, 2.75) is 5.78 Å². The molecule has 10 nitrogen and oxygen atoms in total. The standard InChI is InChI=1S/C27H21N4O6P/c32-27-24-16-7-8-17-25(24)28-19-30(27)29-26(20-10-9-11-21(18-20)31(33)34)38(35,36-22-12-3-1-4-13-22)37-23-14-5-2-6-15-23/h1-19,26,29H. The van der Waals surface area contributed by atoms with Gasteiger partial charge in [-0.25, -0.2) is 14.2 Å². The second-order valence-corrected chi connectivity index (χ2v) is 10.1. The maximum atomic E-state index is 14.7. The summed E-state index contributed by atoms with van der Waals surface area (Å²) >= 11 is 0. The molecule has 0 bridgehead atoms. The molecular formula is C27H21N4O6P. The van der Waals surface area contributed by atoms with Crippen LogP contribution in [0.4, 0.5) is 5.69 Å². The lowest BCUT2D eigenvalue weighted by molar-refractivity contribution is -0.384. The number of nitro groups is 1. The topological polar surface area (TPSA) is 126 Å². The SMILES string of the molecule is O=c1c2ccccc2ncn1NC(c1cccc([N+](=O)[O-])c1)P(=O)(Oc1ccccc1)Oc1ccccc1. The van der Waals surface area contributed by atoms with Gasteiger partial charge in [-0.05, 0) is 42.0 Å². The third-order valence-corrected chi connectivity index (χ3v) is 7.57. The first-order valence-electron chi connectivity index (χ1n) is 11.5. The summed E-state index contributed by atoms with van der Waals surface area (Å²) in [6.07, 6.45) is 1.25. The number of nitrogens with zero attached hydrogens (tertiary/aromatic N) is 3. The lowest BCUT2D eigenvalue weighted by Crippen LogP contribution is -2.33. The molecule has 1 heterocycles. The third-order valence-electron chi connectivity index (χ3n) is 5.59. The van der Waals surface area contributed by atoms with Gasteiger partial charge in [0.25, 0.3) is 11.2 Å². The minimum Gasteiger partial charge on any atom is -0.414 e. The Labute approximate surface area is 216 Å². The zero-order valence-electron chi connectivity index (χ0n) is 19.8. The highest BCUT2D eigenvalue weighted by Gasteiger charge is 2.42. The summed E-state index contributed by atoms with van der Waals surface area (Å²) in [5, 5.41) is 11.9. The normalized spacial score (nSPS) is 12.0. The van der Waals surface area contributed by atoms with Crippen LogP contribution >= 0.6 is 7.60 Å². The molecule has 0 radical (unpaired) electrons. The van der Waals surface area contributed by atoms with Crippen LogP contribution in [0.2, 0.25) is 0 Å². The third kappa shape index (κ3) is 5.25. The van der Waals surface area contributed by atoms with Gasteiger partial charge in [-0.2, -0.15) is 0 Å². The summed E-state index contributed by atoms with van der Waals surface area (Å²) in [6.45, 7) is 0. The van der Waals surface area contributed by atoms with Crippen molar-refractivity contribution in [2.75, 3.05) is 5.43 Å². The number of fused-ring (bicyclic) bond motifs is 1. The fourth-order valence-electron chi connectivity index (χ4n) is 3.81. The summed E-state index contributed by atoms with van der Waals surface area (Å²) in [4.78, 5) is 28.6. The first-order chi connectivity index (χ1) is 18.4. The molecule has 38 heavy (non-hydrogen) atoms. The molecule has 0 aliphatic rings. The number of benzene rings is 4. The summed E-state index contributed by atoms with van der Waals surface area (Å²) < 4.78 is 27.7. The largest absolute Gasteiger partial charge is 0.458 e. The van der Waals surface area contributed by atoms with Gasteiger partial charge in [0, 0.05) is 12.1 Å². The highest BCUT2D eigenvalue weighted by molar-refractivity contribution is 7.55. The monoisotopic (exact) mass is 528 g/mol. The maximum Gasteiger partial charge on any atom is 0.458 e. The van der Waals surface area contributed by atoms with E-state index >= 15 is 0 Å². The van der Waals surface area contributed by atoms with Crippen LogP contribution in [0.15, 0.2) is 120 Å². The van der Waals surface area contributed by atoms with Crippen molar-refractivity contribution in [3.63, 3.8) is 0 Å². The quantitative estimate of drug-likeness (QED) is 0.142. The van der Waals surface area contributed by atoms with Crippen molar-refractivity contribution in [2.24, 2.45) is 0 Å². The van der Waals surface area contributed by atoms with Crippen LogP contribution in [0, 0.1) is 10.1 Å². The van der Waals surface area contributed by atoms with E-state index in [1.54, 1.807) is 91.0 Å². The Bertz CT molecular complexity index is 1650. The minimum absolute atomic E-state index is 0.203. The minimum atomic E-state index is -4.31. The van der Waals surface area contributed by atoms with Gasteiger partial charge in [0.2, 0.25) is 0 Å². The van der Waals surface area contributed by atoms with Gasteiger partial charge in [0.1, 0.15) is 17.8 Å². The fourth-order valence-corrected chi connectivity index (χ4v) is 5.68. The van der Waals surface area contributed by atoms with Gasteiger partial charge in [0.15, 0.2) is 5.78 Å². The predicted octanol–water partition coefficient (Wildman–Crippen LogP) is 5.90. The summed E-state index contributed by atoms with van der Waals surface area (Å²) in [6, 6.07) is 29.1. The molecule has 4 aromatic carbocycles. The summed E-state index contributed by atoms with van der Waals surface area (Å²) in [5.41, 5.74) is 2.90. The van der Waals surface area contributed by atoms with Crippen LogP contribution in [0.25, 0.3) is 10.9 Å². The number of hydrogen-bond acceptors (Lipinski definition) is 8. The van der Waals surface area contributed by atoms with E-state index in [0.29, 0.717) is 10.9 Å². The summed E-state index contributed by atoms with van der Waals surface area (Å²) in [5.74, 6) is -0.871. The molecule has 5 rings (SSSR count). The van der Waals surface area contributed by atoms with E-state index in [0.717, 1.165) is 4.68 Å². The van der Waals surface area contributed by atoms with Gasteiger partial charge in [-0.15, -0.1) is 0 Å². The van der Waals surface area contributed by atoms with Crippen LogP contribution in [-0.4, -0.2) is 14.6 Å². The molecule has 5 aromatic rings. The molecule has 0 saturated heterocycles. The van der Waals surface area contributed by atoms with E-state index in [9.17, 15) is 19.5 Å².